The molecule has 1 fully saturated rings. The fraction of sp³-hybridized carbons (Fsp3) is 0.480. The molecule has 0 aliphatic carbocycles. The summed E-state index contributed by atoms with van der Waals surface area (Å²) in [5.74, 6) is -3.44. The molecule has 36 heavy (non-hydrogen) atoms. The quantitative estimate of drug-likeness (QED) is 0.537. The number of aldehydes is 1. The van der Waals surface area contributed by atoms with Crippen LogP contribution in [-0.2, 0) is 9.53 Å². The Morgan fingerprint density at radius 1 is 1.28 bits per heavy atom. The molecular weight excluding hydrogens is 490 g/mol. The number of anilines is 4. The summed E-state index contributed by atoms with van der Waals surface area (Å²) in [6.45, 7) is 4.50. The summed E-state index contributed by atoms with van der Waals surface area (Å²) in [7, 11) is 3.84. The van der Waals surface area contributed by atoms with Crippen LogP contribution >= 0.6 is 11.6 Å². The fourth-order valence-electron chi connectivity index (χ4n) is 4.51. The van der Waals surface area contributed by atoms with Gasteiger partial charge in [0.1, 0.15) is 5.02 Å². The zero-order valence-electron chi connectivity index (χ0n) is 20.8. The number of allylic oxidation sites excluding steroid dienone is 1. The van der Waals surface area contributed by atoms with Crippen LogP contribution in [0.5, 0.6) is 0 Å². The third kappa shape index (κ3) is 5.18. The topological polar surface area (TPSA) is 82.6 Å². The van der Waals surface area contributed by atoms with Crippen molar-refractivity contribution in [3.8, 4) is 0 Å². The molecule has 8 nitrogen and oxygen atoms in total. The third-order valence-electron chi connectivity index (χ3n) is 6.56. The van der Waals surface area contributed by atoms with Crippen LogP contribution < -0.4 is 20.4 Å². The molecule has 2 atom stereocenters. The molecule has 0 saturated carbocycles. The van der Waals surface area contributed by atoms with Gasteiger partial charge < -0.3 is 25.2 Å². The van der Waals surface area contributed by atoms with Gasteiger partial charge in [-0.1, -0.05) is 25.4 Å². The highest BCUT2D eigenvalue weighted by molar-refractivity contribution is 6.32. The van der Waals surface area contributed by atoms with E-state index in [-0.39, 0.29) is 18.8 Å². The van der Waals surface area contributed by atoms with Gasteiger partial charge in [0, 0.05) is 62.5 Å². The van der Waals surface area contributed by atoms with E-state index >= 15 is 0 Å². The molecule has 2 aliphatic heterocycles. The van der Waals surface area contributed by atoms with E-state index in [1.54, 1.807) is 18.7 Å². The Kier molecular flexibility index (Phi) is 7.54. The van der Waals surface area contributed by atoms with Gasteiger partial charge in [0.25, 0.3) is 5.92 Å². The van der Waals surface area contributed by atoms with Crippen molar-refractivity contribution >= 4 is 46.7 Å². The summed E-state index contributed by atoms with van der Waals surface area (Å²) >= 11 is 6.40. The van der Waals surface area contributed by atoms with Crippen LogP contribution in [-0.4, -0.2) is 62.5 Å². The summed E-state index contributed by atoms with van der Waals surface area (Å²) in [5, 5.41) is 6.84. The minimum absolute atomic E-state index is 0.147. The van der Waals surface area contributed by atoms with E-state index in [1.165, 1.54) is 6.20 Å². The van der Waals surface area contributed by atoms with Gasteiger partial charge >= 0.3 is 0 Å². The first kappa shape index (κ1) is 25.9. The number of nitrogens with zero attached hydrogens (tertiary/aromatic N) is 4. The zero-order chi connectivity index (χ0) is 26.0. The molecule has 1 saturated heterocycles. The Morgan fingerprint density at radius 2 is 2.00 bits per heavy atom. The maximum atomic E-state index is 14.3. The smallest absolute Gasteiger partial charge is 0.256 e. The lowest BCUT2D eigenvalue weighted by Gasteiger charge is -2.41. The molecule has 2 N–H and O–H groups in total. The molecule has 0 radical (unpaired) electrons. The van der Waals surface area contributed by atoms with E-state index in [9.17, 15) is 13.6 Å². The number of hydrogen-bond donors (Lipinski definition) is 2. The average Bonchev–Trinajstić information content (AvgIpc) is 3.09. The fourth-order valence-corrected chi connectivity index (χ4v) is 4.65. The van der Waals surface area contributed by atoms with Gasteiger partial charge in [-0.05, 0) is 24.6 Å². The number of aromatic nitrogens is 2. The molecule has 194 valence electrons. The van der Waals surface area contributed by atoms with Gasteiger partial charge in [-0.2, -0.15) is 4.98 Å². The summed E-state index contributed by atoms with van der Waals surface area (Å²) in [6.07, 6.45) is 2.96. The van der Waals surface area contributed by atoms with E-state index in [4.69, 9.17) is 16.3 Å². The van der Waals surface area contributed by atoms with Crippen molar-refractivity contribution < 1.29 is 18.3 Å². The highest BCUT2D eigenvalue weighted by Crippen LogP contribution is 2.39. The summed E-state index contributed by atoms with van der Waals surface area (Å²) < 4.78 is 34.3. The Labute approximate surface area is 214 Å². The number of rotatable bonds is 6. The molecule has 4 rings (SSSR count). The molecule has 2 aliphatic rings. The molecule has 2 unspecified atom stereocenters. The predicted molar refractivity (Wildman–Crippen MR) is 138 cm³/mol. The lowest BCUT2D eigenvalue weighted by Crippen LogP contribution is -2.52. The van der Waals surface area contributed by atoms with E-state index in [0.29, 0.717) is 47.6 Å². The Morgan fingerprint density at radius 3 is 2.67 bits per heavy atom. The minimum Gasteiger partial charge on any atom is -0.488 e. The van der Waals surface area contributed by atoms with Crippen LogP contribution in [0.1, 0.15) is 25.8 Å². The van der Waals surface area contributed by atoms with Crippen LogP contribution in [0.2, 0.25) is 5.02 Å². The molecule has 0 spiro atoms. The monoisotopic (exact) mass is 520 g/mol. The van der Waals surface area contributed by atoms with Gasteiger partial charge in [0.05, 0.1) is 18.5 Å². The first-order valence-corrected chi connectivity index (χ1v) is 12.3. The third-order valence-corrected chi connectivity index (χ3v) is 6.84. The predicted octanol–water partition coefficient (Wildman–Crippen LogP) is 4.54. The van der Waals surface area contributed by atoms with Gasteiger partial charge in [-0.25, -0.2) is 13.8 Å². The Hall–Kier alpha value is -3.14. The van der Waals surface area contributed by atoms with E-state index in [0.717, 1.165) is 17.7 Å². The molecule has 1 aromatic carbocycles. The second kappa shape index (κ2) is 10.5. The van der Waals surface area contributed by atoms with Crippen LogP contribution in [0.15, 0.2) is 30.2 Å². The van der Waals surface area contributed by atoms with E-state index in [2.05, 4.69) is 20.6 Å². The second-order valence-corrected chi connectivity index (χ2v) is 9.89. The summed E-state index contributed by atoms with van der Waals surface area (Å²) in [6, 6.07) is 5.69. The first-order chi connectivity index (χ1) is 17.1. The first-order valence-electron chi connectivity index (χ1n) is 11.9. The van der Waals surface area contributed by atoms with Crippen molar-refractivity contribution in [1.82, 2.24) is 15.3 Å². The van der Waals surface area contributed by atoms with Crippen LogP contribution in [0, 0.1) is 11.8 Å². The number of hydrogen-bond acceptors (Lipinski definition) is 8. The van der Waals surface area contributed by atoms with Crippen molar-refractivity contribution in [2.45, 2.75) is 26.2 Å². The Balaban J connectivity index is 1.67. The summed E-state index contributed by atoms with van der Waals surface area (Å²) in [5.41, 5.74) is 2.96. The van der Waals surface area contributed by atoms with Gasteiger partial charge in [0.2, 0.25) is 5.95 Å². The van der Waals surface area contributed by atoms with Gasteiger partial charge in [-0.3, -0.25) is 4.79 Å². The number of ether oxygens (including phenoxy) is 1. The van der Waals surface area contributed by atoms with Crippen LogP contribution in [0.3, 0.4) is 0 Å². The number of alkyl halides is 2. The number of nitrogens with one attached hydrogen (secondary N) is 2. The van der Waals surface area contributed by atoms with Crippen molar-refractivity contribution in [2.24, 2.45) is 11.8 Å². The van der Waals surface area contributed by atoms with Gasteiger partial charge in [0.15, 0.2) is 17.9 Å². The van der Waals surface area contributed by atoms with E-state index in [1.807, 2.05) is 37.2 Å². The van der Waals surface area contributed by atoms with E-state index < -0.39 is 17.8 Å². The molecule has 2 aromatic rings. The van der Waals surface area contributed by atoms with Crippen molar-refractivity contribution in [3.63, 3.8) is 0 Å². The minimum atomic E-state index is -2.74. The number of benzene rings is 1. The Bertz CT molecular complexity index is 1150. The maximum absolute atomic E-state index is 14.3. The van der Waals surface area contributed by atoms with Crippen molar-refractivity contribution in [1.29, 1.82) is 0 Å². The highest BCUT2D eigenvalue weighted by Gasteiger charge is 2.47. The highest BCUT2D eigenvalue weighted by atomic mass is 35.5. The molecule has 3 heterocycles. The van der Waals surface area contributed by atoms with Gasteiger partial charge in [-0.15, -0.1) is 0 Å². The van der Waals surface area contributed by atoms with Crippen molar-refractivity contribution in [3.05, 3.63) is 40.7 Å². The number of halogens is 3. The number of piperidine rings is 1. The maximum Gasteiger partial charge on any atom is 0.256 e. The SMILES string of the molecule is CC1CN(c2ncc(Cl)c(Nc3ccc(N(C)C)c(C4=C(C=O)OCCCN4)c3)n2)CC(C)C1(F)F. The summed E-state index contributed by atoms with van der Waals surface area (Å²) in [4.78, 5) is 24.3. The lowest BCUT2D eigenvalue weighted by atomic mass is 9.87. The molecule has 1 aromatic heterocycles. The normalized spacial score (nSPS) is 21.8. The molecule has 11 heteroatoms. The number of carbonyl (C=O) groups excluding carboxylic acids is 1. The van der Waals surface area contributed by atoms with Crippen molar-refractivity contribution in [2.75, 3.05) is 55.5 Å². The standard InChI is InChI=1S/C25H31ClF2N6O2/c1-15-12-34(13-16(2)25(15,27)28)24-30-11-19(26)23(32-24)31-17-6-7-20(33(3)4)18(10-17)22-21(14-35)36-9-5-8-29-22/h6-7,10-11,14-16,29H,5,8-9,12-13H2,1-4H3,(H,30,31,32). The van der Waals surface area contributed by atoms with Crippen LogP contribution in [0.4, 0.5) is 31.9 Å². The lowest BCUT2D eigenvalue weighted by molar-refractivity contribution is -0.107. The molecular formula is C25H31ClF2N6O2. The molecule has 0 amide bonds. The second-order valence-electron chi connectivity index (χ2n) is 9.49. The molecule has 0 bridgehead atoms. The average molecular weight is 521 g/mol. The number of carbonyl (C=O) groups is 1. The largest absolute Gasteiger partial charge is 0.488 e. The van der Waals surface area contributed by atoms with Crippen LogP contribution in [0.25, 0.3) is 5.70 Å². The zero-order valence-corrected chi connectivity index (χ0v) is 21.6.